The second-order valence-electron chi connectivity index (χ2n) is 7.54. The third-order valence-corrected chi connectivity index (χ3v) is 5.44. The van der Waals surface area contributed by atoms with Crippen molar-refractivity contribution in [2.75, 3.05) is 5.75 Å². The number of alkyl carbamates (subject to hydrolysis) is 1. The van der Waals surface area contributed by atoms with E-state index in [0.717, 1.165) is 17.4 Å². The summed E-state index contributed by atoms with van der Waals surface area (Å²) in [6.07, 6.45) is 1.52. The number of carbonyl (C=O) groups is 2. The zero-order chi connectivity index (χ0) is 21.4. The fraction of sp³-hybridized carbons (Fsp3) is 0.450. The average Bonchev–Trinajstić information content (AvgIpc) is 3.08. The van der Waals surface area contributed by atoms with Gasteiger partial charge in [0, 0.05) is 11.8 Å². The standard InChI is InChI=1S/C20H26N2O5S2/c1-20(2,3)27-19(24)22-17(18-21-16(8-10-23)13-28-18)12-15-6-4-14(5-7-15)9-11-29(25)26/h4-7,10,13,17H,8-9,11-12H2,1-3H3,(H,22,24)(H,25,26). The topological polar surface area (TPSA) is 106 Å². The number of hydrogen-bond donors (Lipinski definition) is 2. The Kier molecular flexibility index (Phi) is 8.48. The van der Waals surface area contributed by atoms with Crippen LogP contribution in [0.5, 0.6) is 0 Å². The molecule has 0 saturated heterocycles. The summed E-state index contributed by atoms with van der Waals surface area (Å²) in [6.45, 7) is 5.39. The Hall–Kier alpha value is -2.10. The number of ether oxygens (including phenoxy) is 1. The number of nitrogens with one attached hydrogen (secondary N) is 1. The van der Waals surface area contributed by atoms with Gasteiger partial charge in [0.2, 0.25) is 0 Å². The average molecular weight is 439 g/mol. The molecule has 0 spiro atoms. The van der Waals surface area contributed by atoms with Gasteiger partial charge in [-0.25, -0.2) is 14.0 Å². The van der Waals surface area contributed by atoms with Gasteiger partial charge in [0.15, 0.2) is 11.1 Å². The number of rotatable bonds is 9. The van der Waals surface area contributed by atoms with Crippen LogP contribution in [0.25, 0.3) is 0 Å². The van der Waals surface area contributed by atoms with Crippen LogP contribution < -0.4 is 5.32 Å². The molecule has 0 aliphatic carbocycles. The van der Waals surface area contributed by atoms with Crippen molar-refractivity contribution in [2.24, 2.45) is 0 Å². The van der Waals surface area contributed by atoms with Crippen LogP contribution in [-0.4, -0.2) is 37.5 Å². The van der Waals surface area contributed by atoms with Gasteiger partial charge in [-0.1, -0.05) is 24.3 Å². The lowest BCUT2D eigenvalue weighted by molar-refractivity contribution is -0.107. The Balaban J connectivity index is 2.14. The van der Waals surface area contributed by atoms with Crippen LogP contribution in [0.4, 0.5) is 4.79 Å². The predicted octanol–water partition coefficient (Wildman–Crippen LogP) is 3.46. The Morgan fingerprint density at radius 1 is 1.31 bits per heavy atom. The highest BCUT2D eigenvalue weighted by Crippen LogP contribution is 2.24. The van der Waals surface area contributed by atoms with E-state index in [-0.39, 0.29) is 12.2 Å². The van der Waals surface area contributed by atoms with E-state index in [0.29, 0.717) is 23.5 Å². The first-order chi connectivity index (χ1) is 13.7. The molecule has 7 nitrogen and oxygen atoms in total. The second kappa shape index (κ2) is 10.6. The van der Waals surface area contributed by atoms with Gasteiger partial charge in [0.25, 0.3) is 0 Å². The summed E-state index contributed by atoms with van der Waals surface area (Å²) < 4.78 is 25.1. The molecule has 1 heterocycles. The molecule has 0 aliphatic heterocycles. The molecule has 2 N–H and O–H groups in total. The SMILES string of the molecule is CC(C)(C)OC(=O)NC(Cc1ccc(CCS(=O)O)cc1)c1nc(CC=O)cs1. The minimum atomic E-state index is -1.81. The van der Waals surface area contributed by atoms with Gasteiger partial charge in [0.1, 0.15) is 16.9 Å². The Labute approximate surface area is 177 Å². The number of aromatic nitrogens is 1. The molecule has 1 aromatic carbocycles. The molecular weight excluding hydrogens is 412 g/mol. The Morgan fingerprint density at radius 2 is 1.97 bits per heavy atom. The van der Waals surface area contributed by atoms with Gasteiger partial charge >= 0.3 is 6.09 Å². The molecule has 2 atom stereocenters. The van der Waals surface area contributed by atoms with Gasteiger partial charge in [-0.3, -0.25) is 0 Å². The number of aryl methyl sites for hydroxylation is 1. The predicted molar refractivity (Wildman–Crippen MR) is 113 cm³/mol. The number of benzene rings is 1. The summed E-state index contributed by atoms with van der Waals surface area (Å²) >= 11 is -0.424. The van der Waals surface area contributed by atoms with Crippen molar-refractivity contribution in [3.05, 3.63) is 51.5 Å². The maximum atomic E-state index is 12.3. The van der Waals surface area contributed by atoms with Crippen molar-refractivity contribution in [1.82, 2.24) is 10.3 Å². The minimum Gasteiger partial charge on any atom is -0.444 e. The van der Waals surface area contributed by atoms with E-state index in [2.05, 4.69) is 10.3 Å². The summed E-state index contributed by atoms with van der Waals surface area (Å²) in [5.41, 5.74) is 2.00. The van der Waals surface area contributed by atoms with Crippen molar-refractivity contribution >= 4 is 34.8 Å². The third-order valence-electron chi connectivity index (χ3n) is 3.88. The lowest BCUT2D eigenvalue weighted by Crippen LogP contribution is -2.35. The normalized spacial score (nSPS) is 13.5. The quantitative estimate of drug-likeness (QED) is 0.459. The summed E-state index contributed by atoms with van der Waals surface area (Å²) in [5, 5.41) is 5.39. The number of thiazole rings is 1. The molecule has 2 unspecified atom stereocenters. The minimum absolute atomic E-state index is 0.195. The van der Waals surface area contributed by atoms with Gasteiger partial charge in [-0.05, 0) is 44.7 Å². The van der Waals surface area contributed by atoms with Crippen molar-refractivity contribution in [3.8, 4) is 0 Å². The first-order valence-corrected chi connectivity index (χ1v) is 11.3. The van der Waals surface area contributed by atoms with E-state index >= 15 is 0 Å². The van der Waals surface area contributed by atoms with Gasteiger partial charge < -0.3 is 19.4 Å². The second-order valence-corrected chi connectivity index (χ2v) is 9.48. The number of nitrogens with zero attached hydrogens (tertiary/aromatic N) is 1. The molecule has 0 saturated carbocycles. The number of amides is 1. The number of hydrogen-bond acceptors (Lipinski definition) is 6. The van der Waals surface area contributed by atoms with Crippen LogP contribution >= 0.6 is 11.3 Å². The maximum Gasteiger partial charge on any atom is 0.408 e. The lowest BCUT2D eigenvalue weighted by Gasteiger charge is -2.23. The molecule has 9 heteroatoms. The van der Waals surface area contributed by atoms with Crippen LogP contribution in [0.1, 0.15) is 48.6 Å². The fourth-order valence-corrected chi connectivity index (χ4v) is 3.89. The molecular formula is C20H26N2O5S2. The first kappa shape index (κ1) is 23.2. The van der Waals surface area contributed by atoms with Crippen LogP contribution in [-0.2, 0) is 39.9 Å². The molecule has 2 aromatic rings. The highest BCUT2D eigenvalue weighted by atomic mass is 32.2. The Morgan fingerprint density at radius 3 is 2.55 bits per heavy atom. The van der Waals surface area contributed by atoms with E-state index in [1.54, 1.807) is 20.8 Å². The lowest BCUT2D eigenvalue weighted by atomic mass is 10.0. The van der Waals surface area contributed by atoms with Gasteiger partial charge in [-0.2, -0.15) is 0 Å². The Bertz CT molecular complexity index is 843. The third kappa shape index (κ3) is 8.43. The summed E-state index contributed by atoms with van der Waals surface area (Å²) in [5.74, 6) is 0.195. The molecule has 29 heavy (non-hydrogen) atoms. The van der Waals surface area contributed by atoms with E-state index in [1.165, 1.54) is 11.3 Å². The number of carbonyl (C=O) groups excluding carboxylic acids is 2. The molecule has 1 aromatic heterocycles. The summed E-state index contributed by atoms with van der Waals surface area (Å²) in [4.78, 5) is 27.5. The summed E-state index contributed by atoms with van der Waals surface area (Å²) in [7, 11) is 0. The van der Waals surface area contributed by atoms with Gasteiger partial charge in [-0.15, -0.1) is 11.3 Å². The van der Waals surface area contributed by atoms with E-state index < -0.39 is 28.8 Å². The molecule has 2 rings (SSSR count). The van der Waals surface area contributed by atoms with Crippen molar-refractivity contribution in [2.45, 2.75) is 51.7 Å². The van der Waals surface area contributed by atoms with Crippen LogP contribution in [0.3, 0.4) is 0 Å². The molecule has 158 valence electrons. The highest BCUT2D eigenvalue weighted by molar-refractivity contribution is 7.79. The van der Waals surface area contributed by atoms with E-state index in [1.807, 2.05) is 29.6 Å². The van der Waals surface area contributed by atoms with Crippen molar-refractivity contribution in [3.63, 3.8) is 0 Å². The largest absolute Gasteiger partial charge is 0.444 e. The van der Waals surface area contributed by atoms with Gasteiger partial charge in [0.05, 0.1) is 17.5 Å². The van der Waals surface area contributed by atoms with Crippen molar-refractivity contribution < 1.29 is 23.1 Å². The molecule has 0 aliphatic rings. The monoisotopic (exact) mass is 438 g/mol. The zero-order valence-electron chi connectivity index (χ0n) is 16.7. The fourth-order valence-electron chi connectivity index (χ4n) is 2.59. The highest BCUT2D eigenvalue weighted by Gasteiger charge is 2.23. The van der Waals surface area contributed by atoms with Crippen LogP contribution in [0, 0.1) is 0 Å². The van der Waals surface area contributed by atoms with Crippen LogP contribution in [0.15, 0.2) is 29.6 Å². The first-order valence-electron chi connectivity index (χ1n) is 9.19. The number of aldehydes is 1. The molecule has 0 fully saturated rings. The molecule has 0 radical (unpaired) electrons. The molecule has 0 bridgehead atoms. The molecule has 1 amide bonds. The van der Waals surface area contributed by atoms with E-state index in [9.17, 15) is 13.8 Å². The smallest absolute Gasteiger partial charge is 0.408 e. The summed E-state index contributed by atoms with van der Waals surface area (Å²) in [6, 6.07) is 7.28. The van der Waals surface area contributed by atoms with Crippen LogP contribution in [0.2, 0.25) is 0 Å². The van der Waals surface area contributed by atoms with E-state index in [4.69, 9.17) is 9.29 Å². The van der Waals surface area contributed by atoms with Crippen molar-refractivity contribution in [1.29, 1.82) is 0 Å². The maximum absolute atomic E-state index is 12.3. The zero-order valence-corrected chi connectivity index (χ0v) is 18.3.